The first-order valence-corrected chi connectivity index (χ1v) is 7.29. The molecule has 1 aliphatic heterocycles. The molecule has 0 saturated carbocycles. The molecule has 0 spiro atoms. The van der Waals surface area contributed by atoms with Gasteiger partial charge in [-0.1, -0.05) is 0 Å². The Bertz CT molecular complexity index is 457. The van der Waals surface area contributed by atoms with Crippen LogP contribution >= 0.6 is 24.0 Å². The van der Waals surface area contributed by atoms with Gasteiger partial charge in [0.15, 0.2) is 5.96 Å². The number of furan rings is 1. The summed E-state index contributed by atoms with van der Waals surface area (Å²) in [5.41, 5.74) is -1.07. The first kappa shape index (κ1) is 19.2. The number of aliphatic hydroxyl groups is 1. The lowest BCUT2D eigenvalue weighted by atomic mass is 10.0. The largest absolute Gasteiger partial charge is 0.466 e. The summed E-state index contributed by atoms with van der Waals surface area (Å²) in [7, 11) is 3.74. The lowest BCUT2D eigenvalue weighted by Crippen LogP contribution is -2.46. The minimum Gasteiger partial charge on any atom is -0.466 e. The van der Waals surface area contributed by atoms with E-state index < -0.39 is 5.60 Å². The van der Waals surface area contributed by atoms with E-state index in [2.05, 4.69) is 15.2 Å². The summed E-state index contributed by atoms with van der Waals surface area (Å²) < 4.78 is 10.7. The molecule has 126 valence electrons. The molecule has 1 aromatic heterocycles. The highest BCUT2D eigenvalue weighted by molar-refractivity contribution is 14.0. The molecule has 2 atom stereocenters. The second kappa shape index (κ2) is 8.73. The van der Waals surface area contributed by atoms with Crippen molar-refractivity contribution in [2.75, 3.05) is 40.4 Å². The van der Waals surface area contributed by atoms with E-state index in [1.807, 2.05) is 7.05 Å². The molecule has 2 unspecified atom stereocenters. The topological polar surface area (TPSA) is 70.2 Å². The molecule has 1 fully saturated rings. The van der Waals surface area contributed by atoms with Crippen molar-refractivity contribution in [3.63, 3.8) is 0 Å². The van der Waals surface area contributed by atoms with E-state index in [4.69, 9.17) is 9.15 Å². The van der Waals surface area contributed by atoms with Gasteiger partial charge in [-0.15, -0.1) is 24.0 Å². The molecule has 2 heterocycles. The summed E-state index contributed by atoms with van der Waals surface area (Å²) in [5.74, 6) is 1.84. The molecule has 2 N–H and O–H groups in total. The predicted octanol–water partition coefficient (Wildman–Crippen LogP) is 1.65. The van der Waals surface area contributed by atoms with Crippen molar-refractivity contribution >= 4 is 29.9 Å². The molecule has 0 radical (unpaired) electrons. The van der Waals surface area contributed by atoms with Crippen LogP contribution in [0.1, 0.15) is 19.1 Å². The van der Waals surface area contributed by atoms with Crippen LogP contribution < -0.4 is 5.32 Å². The summed E-state index contributed by atoms with van der Waals surface area (Å²) in [6, 6.07) is 3.54. The Morgan fingerprint density at radius 3 is 2.91 bits per heavy atom. The number of nitrogens with one attached hydrogen (secondary N) is 1. The van der Waals surface area contributed by atoms with Gasteiger partial charge in [0.2, 0.25) is 0 Å². The minimum atomic E-state index is -1.07. The van der Waals surface area contributed by atoms with Crippen LogP contribution in [0, 0.1) is 5.92 Å². The fourth-order valence-corrected chi connectivity index (χ4v) is 2.51. The Hall–Kier alpha value is -0.800. The number of ether oxygens (including phenoxy) is 1. The molecule has 1 aliphatic rings. The molecule has 1 aromatic rings. The standard InChI is InChI=1S/C15H25N3O3.HI/c1-15(19,13-5-4-7-21-13)11-17-14(16-2)18(3)9-12-6-8-20-10-12;/h4-5,7,12,19H,6,8-11H2,1-3H3,(H,16,17);1H. The van der Waals surface area contributed by atoms with Gasteiger partial charge in [0.05, 0.1) is 19.4 Å². The van der Waals surface area contributed by atoms with Gasteiger partial charge in [0.1, 0.15) is 11.4 Å². The molecular formula is C15H26IN3O3. The molecule has 0 amide bonds. The number of aliphatic imine (C=N–C) groups is 1. The van der Waals surface area contributed by atoms with Crippen LogP contribution in [0.15, 0.2) is 27.8 Å². The Morgan fingerprint density at radius 1 is 1.59 bits per heavy atom. The van der Waals surface area contributed by atoms with Crippen LogP contribution in [0.3, 0.4) is 0 Å². The fraction of sp³-hybridized carbons (Fsp3) is 0.667. The highest BCUT2D eigenvalue weighted by Crippen LogP contribution is 2.20. The monoisotopic (exact) mass is 423 g/mol. The second-order valence-electron chi connectivity index (χ2n) is 5.76. The lowest BCUT2D eigenvalue weighted by molar-refractivity contribution is 0.0380. The first-order valence-electron chi connectivity index (χ1n) is 7.29. The summed E-state index contributed by atoms with van der Waals surface area (Å²) in [6.07, 6.45) is 2.65. The van der Waals surface area contributed by atoms with Crippen molar-refractivity contribution in [1.82, 2.24) is 10.2 Å². The molecule has 0 aliphatic carbocycles. The van der Waals surface area contributed by atoms with Gasteiger partial charge >= 0.3 is 0 Å². The zero-order chi connectivity index (χ0) is 15.3. The SMILES string of the molecule is CN=C(NCC(C)(O)c1ccco1)N(C)CC1CCOC1.I. The van der Waals surface area contributed by atoms with E-state index in [0.717, 1.165) is 32.1 Å². The minimum absolute atomic E-state index is 0. The van der Waals surface area contributed by atoms with Crippen molar-refractivity contribution in [3.05, 3.63) is 24.2 Å². The molecule has 2 rings (SSSR count). The van der Waals surface area contributed by atoms with E-state index in [-0.39, 0.29) is 24.0 Å². The maximum atomic E-state index is 10.4. The maximum Gasteiger partial charge on any atom is 0.193 e. The third kappa shape index (κ3) is 5.13. The van der Waals surface area contributed by atoms with E-state index in [9.17, 15) is 5.11 Å². The molecule has 22 heavy (non-hydrogen) atoms. The quantitative estimate of drug-likeness (QED) is 0.428. The zero-order valence-corrected chi connectivity index (χ0v) is 15.7. The summed E-state index contributed by atoms with van der Waals surface area (Å²) in [5, 5.41) is 13.6. The Balaban J connectivity index is 0.00000242. The van der Waals surface area contributed by atoms with Crippen molar-refractivity contribution in [2.24, 2.45) is 10.9 Å². The van der Waals surface area contributed by atoms with Gasteiger partial charge in [0, 0.05) is 33.2 Å². The van der Waals surface area contributed by atoms with Crippen molar-refractivity contribution in [3.8, 4) is 0 Å². The maximum absolute atomic E-state index is 10.4. The number of guanidine groups is 1. The average molecular weight is 423 g/mol. The van der Waals surface area contributed by atoms with Crippen LogP contribution in [-0.2, 0) is 10.3 Å². The van der Waals surface area contributed by atoms with E-state index in [1.54, 1.807) is 32.4 Å². The summed E-state index contributed by atoms with van der Waals surface area (Å²) in [6.45, 7) is 4.60. The highest BCUT2D eigenvalue weighted by atomic mass is 127. The van der Waals surface area contributed by atoms with Crippen LogP contribution in [0.2, 0.25) is 0 Å². The molecule has 6 nitrogen and oxygen atoms in total. The van der Waals surface area contributed by atoms with Gasteiger partial charge in [-0.2, -0.15) is 0 Å². The van der Waals surface area contributed by atoms with Crippen molar-refractivity contribution in [2.45, 2.75) is 18.9 Å². The van der Waals surface area contributed by atoms with Crippen LogP contribution in [0.4, 0.5) is 0 Å². The fourth-order valence-electron chi connectivity index (χ4n) is 2.51. The van der Waals surface area contributed by atoms with Gasteiger partial charge < -0.3 is 24.5 Å². The van der Waals surface area contributed by atoms with Crippen molar-refractivity contribution < 1.29 is 14.3 Å². The first-order chi connectivity index (χ1) is 10.0. The van der Waals surface area contributed by atoms with Gasteiger partial charge in [-0.3, -0.25) is 4.99 Å². The normalized spacial score (nSPS) is 21.1. The van der Waals surface area contributed by atoms with Crippen molar-refractivity contribution in [1.29, 1.82) is 0 Å². The van der Waals surface area contributed by atoms with Crippen LogP contribution in [-0.4, -0.2) is 56.4 Å². The van der Waals surface area contributed by atoms with Gasteiger partial charge in [0.25, 0.3) is 0 Å². The third-order valence-electron chi connectivity index (χ3n) is 3.77. The number of rotatable bonds is 5. The molecule has 0 aromatic carbocycles. The van der Waals surface area contributed by atoms with Crippen LogP contribution in [0.25, 0.3) is 0 Å². The number of hydrogen-bond donors (Lipinski definition) is 2. The number of hydrogen-bond acceptors (Lipinski definition) is 4. The summed E-state index contributed by atoms with van der Waals surface area (Å²) in [4.78, 5) is 6.33. The number of nitrogens with zero attached hydrogens (tertiary/aromatic N) is 2. The Labute approximate surface area is 148 Å². The average Bonchev–Trinajstić information content (AvgIpc) is 3.12. The van der Waals surface area contributed by atoms with E-state index in [1.165, 1.54) is 0 Å². The lowest BCUT2D eigenvalue weighted by Gasteiger charge is -2.28. The predicted molar refractivity (Wildman–Crippen MR) is 96.6 cm³/mol. The number of halogens is 1. The molecule has 7 heteroatoms. The molecular weight excluding hydrogens is 397 g/mol. The summed E-state index contributed by atoms with van der Waals surface area (Å²) >= 11 is 0. The zero-order valence-electron chi connectivity index (χ0n) is 13.4. The van der Waals surface area contributed by atoms with Gasteiger partial charge in [-0.25, -0.2) is 0 Å². The molecule has 0 bridgehead atoms. The third-order valence-corrected chi connectivity index (χ3v) is 3.77. The Kier molecular flexibility index (Phi) is 7.64. The highest BCUT2D eigenvalue weighted by Gasteiger charge is 2.27. The van der Waals surface area contributed by atoms with Gasteiger partial charge in [-0.05, 0) is 25.5 Å². The Morgan fingerprint density at radius 2 is 2.36 bits per heavy atom. The van der Waals surface area contributed by atoms with E-state index in [0.29, 0.717) is 18.2 Å². The molecule has 1 saturated heterocycles. The van der Waals surface area contributed by atoms with Crippen LogP contribution in [0.5, 0.6) is 0 Å². The van der Waals surface area contributed by atoms with E-state index >= 15 is 0 Å². The smallest absolute Gasteiger partial charge is 0.193 e. The second-order valence-corrected chi connectivity index (χ2v) is 5.76.